The Balaban J connectivity index is 1.92. The molecule has 0 radical (unpaired) electrons. The van der Waals surface area contributed by atoms with Crippen molar-refractivity contribution in [3.63, 3.8) is 0 Å². The van der Waals surface area contributed by atoms with Crippen LogP contribution in [0.1, 0.15) is 42.5 Å². The average Bonchev–Trinajstić information content (AvgIpc) is 3.14. The molecule has 1 saturated heterocycles. The van der Waals surface area contributed by atoms with Gasteiger partial charge in [0.2, 0.25) is 0 Å². The molecule has 1 amide bonds. The van der Waals surface area contributed by atoms with Crippen LogP contribution in [0.5, 0.6) is 11.5 Å². The maximum absolute atomic E-state index is 13.3. The topological polar surface area (TPSA) is 89.0 Å². The van der Waals surface area contributed by atoms with Gasteiger partial charge in [-0.1, -0.05) is 26.0 Å². The van der Waals surface area contributed by atoms with E-state index in [0.29, 0.717) is 28.7 Å². The van der Waals surface area contributed by atoms with Gasteiger partial charge in [-0.25, -0.2) is 0 Å². The molecule has 1 atom stereocenters. The first-order chi connectivity index (χ1) is 16.4. The number of carbonyl (C=O) groups excluding carboxylic acids is 2. The molecule has 0 saturated carbocycles. The third-order valence-electron chi connectivity index (χ3n) is 5.97. The monoisotopic (exact) mass is 458 g/mol. The van der Waals surface area contributed by atoms with E-state index in [4.69, 9.17) is 9.47 Å². The summed E-state index contributed by atoms with van der Waals surface area (Å²) >= 11 is 0. The highest BCUT2D eigenvalue weighted by Crippen LogP contribution is 2.43. The molecule has 4 rings (SSSR count). The first kappa shape index (κ1) is 23.0. The van der Waals surface area contributed by atoms with Crippen LogP contribution in [-0.2, 0) is 9.59 Å². The first-order valence-corrected chi connectivity index (χ1v) is 10.9. The van der Waals surface area contributed by atoms with E-state index < -0.39 is 17.7 Å². The number of anilines is 1. The van der Waals surface area contributed by atoms with Crippen molar-refractivity contribution in [2.45, 2.75) is 25.8 Å². The molecule has 34 heavy (non-hydrogen) atoms. The lowest BCUT2D eigenvalue weighted by molar-refractivity contribution is -0.132. The Hall–Kier alpha value is -4.13. The third-order valence-corrected chi connectivity index (χ3v) is 5.97. The Morgan fingerprint density at radius 1 is 0.971 bits per heavy atom. The minimum atomic E-state index is -0.834. The maximum atomic E-state index is 13.3. The molecular formula is C27H26N2O5. The lowest BCUT2D eigenvalue weighted by Crippen LogP contribution is -2.29. The summed E-state index contributed by atoms with van der Waals surface area (Å²) < 4.78 is 10.7. The lowest BCUT2D eigenvalue weighted by atomic mass is 9.95. The maximum Gasteiger partial charge on any atom is 0.300 e. The molecule has 0 spiro atoms. The second kappa shape index (κ2) is 9.39. The predicted molar refractivity (Wildman–Crippen MR) is 129 cm³/mol. The van der Waals surface area contributed by atoms with E-state index in [1.807, 2.05) is 24.3 Å². The van der Waals surface area contributed by atoms with Crippen molar-refractivity contribution >= 4 is 23.1 Å². The van der Waals surface area contributed by atoms with Gasteiger partial charge in [0, 0.05) is 24.1 Å². The number of rotatable bonds is 6. The van der Waals surface area contributed by atoms with E-state index in [9.17, 15) is 14.7 Å². The average molecular weight is 459 g/mol. The number of hydrogen-bond donors (Lipinski definition) is 1. The zero-order chi connectivity index (χ0) is 24.4. The van der Waals surface area contributed by atoms with Crippen molar-refractivity contribution in [1.82, 2.24) is 4.98 Å². The summed E-state index contributed by atoms with van der Waals surface area (Å²) in [6.45, 7) is 4.17. The Kier molecular flexibility index (Phi) is 6.36. The Morgan fingerprint density at radius 2 is 1.65 bits per heavy atom. The smallest absolute Gasteiger partial charge is 0.300 e. The summed E-state index contributed by atoms with van der Waals surface area (Å²) in [5, 5.41) is 11.3. The standard InChI is InChI=1S/C27H26N2O5/c1-16(2)17-5-7-19(8-6-17)29-24(18-11-13-28-14-12-18)23(26(31)27(29)32)25(30)21-10-9-20(33-3)15-22(21)34-4/h5-16,24,30H,1-4H3/b25-23-. The fourth-order valence-electron chi connectivity index (χ4n) is 4.12. The second-order valence-electron chi connectivity index (χ2n) is 8.26. The number of Topliss-reactive ketones (excluding diaryl/α,β-unsaturated/α-hetero) is 1. The first-order valence-electron chi connectivity index (χ1n) is 10.9. The molecule has 1 unspecified atom stereocenters. The molecule has 1 fully saturated rings. The molecule has 2 aromatic carbocycles. The van der Waals surface area contributed by atoms with Crippen LogP contribution in [0.15, 0.2) is 72.6 Å². The lowest BCUT2D eigenvalue weighted by Gasteiger charge is -2.25. The minimum absolute atomic E-state index is 0.0207. The van der Waals surface area contributed by atoms with Crippen LogP contribution in [0.3, 0.4) is 0 Å². The van der Waals surface area contributed by atoms with Crippen molar-refractivity contribution in [3.8, 4) is 11.5 Å². The Bertz CT molecular complexity index is 1250. The van der Waals surface area contributed by atoms with Crippen LogP contribution in [-0.4, -0.2) is 36.0 Å². The Labute approximate surface area is 198 Å². The zero-order valence-corrected chi connectivity index (χ0v) is 19.5. The van der Waals surface area contributed by atoms with E-state index in [2.05, 4.69) is 18.8 Å². The normalized spacial score (nSPS) is 17.3. The number of aliphatic hydroxyl groups is 1. The number of ketones is 1. The minimum Gasteiger partial charge on any atom is -0.507 e. The van der Waals surface area contributed by atoms with Crippen LogP contribution in [0.4, 0.5) is 5.69 Å². The van der Waals surface area contributed by atoms with Gasteiger partial charge in [-0.3, -0.25) is 19.5 Å². The van der Waals surface area contributed by atoms with Gasteiger partial charge in [0.05, 0.1) is 31.4 Å². The molecule has 3 aromatic rings. The largest absolute Gasteiger partial charge is 0.507 e. The van der Waals surface area contributed by atoms with Crippen molar-refractivity contribution in [2.75, 3.05) is 19.1 Å². The summed E-state index contributed by atoms with van der Waals surface area (Å²) in [4.78, 5) is 32.0. The van der Waals surface area contributed by atoms with E-state index >= 15 is 0 Å². The highest BCUT2D eigenvalue weighted by Gasteiger charge is 2.47. The molecule has 0 bridgehead atoms. The van der Waals surface area contributed by atoms with Crippen LogP contribution >= 0.6 is 0 Å². The SMILES string of the molecule is COc1ccc(/C(O)=C2/C(=O)C(=O)N(c3ccc(C(C)C)cc3)C2c2ccncc2)c(OC)c1. The van der Waals surface area contributed by atoms with Crippen LogP contribution in [0.25, 0.3) is 5.76 Å². The highest BCUT2D eigenvalue weighted by molar-refractivity contribution is 6.51. The summed E-state index contributed by atoms with van der Waals surface area (Å²) in [7, 11) is 2.98. The van der Waals surface area contributed by atoms with Crippen LogP contribution < -0.4 is 14.4 Å². The third kappa shape index (κ3) is 4.01. The second-order valence-corrected chi connectivity index (χ2v) is 8.26. The van der Waals surface area contributed by atoms with Crippen LogP contribution in [0.2, 0.25) is 0 Å². The van der Waals surface area contributed by atoms with Crippen molar-refractivity contribution in [2.24, 2.45) is 0 Å². The van der Waals surface area contributed by atoms with Gasteiger partial charge in [0.1, 0.15) is 17.3 Å². The molecule has 2 heterocycles. The summed E-state index contributed by atoms with van der Waals surface area (Å²) in [5.41, 5.74) is 2.59. The van der Waals surface area contributed by atoms with E-state index in [-0.39, 0.29) is 16.9 Å². The molecule has 0 aliphatic carbocycles. The van der Waals surface area contributed by atoms with E-state index in [1.165, 1.54) is 19.1 Å². The van der Waals surface area contributed by atoms with E-state index in [0.717, 1.165) is 5.56 Å². The highest BCUT2D eigenvalue weighted by atomic mass is 16.5. The summed E-state index contributed by atoms with van der Waals surface area (Å²) in [6.07, 6.45) is 3.18. The number of ether oxygens (including phenoxy) is 2. The molecule has 7 nitrogen and oxygen atoms in total. The number of methoxy groups -OCH3 is 2. The van der Waals surface area contributed by atoms with Gasteiger partial charge in [-0.15, -0.1) is 0 Å². The zero-order valence-electron chi connectivity index (χ0n) is 19.5. The van der Waals surface area contributed by atoms with Gasteiger partial charge in [-0.2, -0.15) is 0 Å². The number of amides is 1. The van der Waals surface area contributed by atoms with Gasteiger partial charge in [0.25, 0.3) is 11.7 Å². The van der Waals surface area contributed by atoms with Gasteiger partial charge in [-0.05, 0) is 53.4 Å². The van der Waals surface area contributed by atoms with Crippen LogP contribution in [0, 0.1) is 0 Å². The van der Waals surface area contributed by atoms with Gasteiger partial charge >= 0.3 is 0 Å². The van der Waals surface area contributed by atoms with Crippen molar-refractivity contribution < 1.29 is 24.2 Å². The molecule has 7 heteroatoms. The Morgan fingerprint density at radius 3 is 2.24 bits per heavy atom. The summed E-state index contributed by atoms with van der Waals surface area (Å²) in [5.74, 6) is -0.634. The molecule has 1 aromatic heterocycles. The fraction of sp³-hybridized carbons (Fsp3) is 0.222. The molecule has 1 aliphatic heterocycles. The molecular weight excluding hydrogens is 432 g/mol. The number of pyridine rings is 1. The molecule has 174 valence electrons. The molecule has 1 aliphatic rings. The molecule has 1 N–H and O–H groups in total. The summed E-state index contributed by atoms with van der Waals surface area (Å²) in [6, 6.07) is 15.0. The number of carbonyl (C=O) groups is 2. The van der Waals surface area contributed by atoms with Crippen molar-refractivity contribution in [3.05, 3.63) is 89.3 Å². The van der Waals surface area contributed by atoms with Gasteiger partial charge < -0.3 is 14.6 Å². The van der Waals surface area contributed by atoms with Crippen molar-refractivity contribution in [1.29, 1.82) is 0 Å². The predicted octanol–water partition coefficient (Wildman–Crippen LogP) is 4.85. The number of nitrogens with zero attached hydrogens (tertiary/aromatic N) is 2. The fourth-order valence-corrected chi connectivity index (χ4v) is 4.12. The van der Waals surface area contributed by atoms with Gasteiger partial charge in [0.15, 0.2) is 0 Å². The number of aromatic nitrogens is 1. The number of aliphatic hydroxyl groups excluding tert-OH is 1. The van der Waals surface area contributed by atoms with E-state index in [1.54, 1.807) is 42.7 Å². The number of benzene rings is 2. The quantitative estimate of drug-likeness (QED) is 0.323. The number of hydrogen-bond acceptors (Lipinski definition) is 6.